The maximum Gasteiger partial charge on any atom is 0.260 e. The number of hydrogen-bond donors (Lipinski definition) is 1. The highest BCUT2D eigenvalue weighted by Crippen LogP contribution is 2.36. The van der Waals surface area contributed by atoms with Gasteiger partial charge in [0.25, 0.3) is 5.91 Å². The molecule has 1 aliphatic rings. The number of furan rings is 2. The molecule has 0 saturated carbocycles. The van der Waals surface area contributed by atoms with E-state index in [1.54, 1.807) is 13.3 Å². The van der Waals surface area contributed by atoms with Crippen molar-refractivity contribution in [2.45, 2.75) is 18.8 Å². The molecule has 1 saturated heterocycles. The van der Waals surface area contributed by atoms with Gasteiger partial charge in [0.2, 0.25) is 0 Å². The molecule has 1 fully saturated rings. The van der Waals surface area contributed by atoms with Gasteiger partial charge in [-0.15, -0.1) is 0 Å². The van der Waals surface area contributed by atoms with Crippen molar-refractivity contribution in [3.8, 4) is 5.75 Å². The highest BCUT2D eigenvalue weighted by molar-refractivity contribution is 6.17. The van der Waals surface area contributed by atoms with Gasteiger partial charge < -0.3 is 23.6 Å². The summed E-state index contributed by atoms with van der Waals surface area (Å²) >= 11 is 0. The fourth-order valence-electron chi connectivity index (χ4n) is 4.50. The number of benzene rings is 2. The molecule has 5 heterocycles. The number of aromatic nitrogens is 2. The van der Waals surface area contributed by atoms with Crippen molar-refractivity contribution in [3.63, 3.8) is 0 Å². The zero-order chi connectivity index (χ0) is 20.9. The first kappa shape index (κ1) is 18.2. The lowest BCUT2D eigenvalue weighted by molar-refractivity contribution is 0.0846. The molecule has 1 aliphatic heterocycles. The van der Waals surface area contributed by atoms with Gasteiger partial charge in [-0.25, -0.2) is 4.98 Å². The van der Waals surface area contributed by atoms with Crippen LogP contribution in [0.3, 0.4) is 0 Å². The van der Waals surface area contributed by atoms with Crippen LogP contribution in [0.25, 0.3) is 27.6 Å². The Morgan fingerprint density at radius 1 is 1.16 bits per heavy atom. The number of methoxy groups -OCH3 is 1. The fraction of sp³-hybridized carbons (Fsp3) is 0.250. The highest BCUT2D eigenvalue weighted by atomic mass is 16.5. The second-order valence-corrected chi connectivity index (χ2v) is 7.92. The number of imidazole rings is 1. The quantitative estimate of drug-likeness (QED) is 0.455. The van der Waals surface area contributed by atoms with Gasteiger partial charge in [0.1, 0.15) is 22.6 Å². The molecule has 7 heteroatoms. The van der Waals surface area contributed by atoms with Crippen LogP contribution in [0.1, 0.15) is 34.8 Å². The number of ether oxygens (including phenoxy) is 2. The van der Waals surface area contributed by atoms with Gasteiger partial charge in [-0.1, -0.05) is 12.1 Å². The summed E-state index contributed by atoms with van der Waals surface area (Å²) in [5.74, 6) is 0.619. The van der Waals surface area contributed by atoms with E-state index >= 15 is 0 Å². The number of rotatable bonds is 4. The molecular formula is C24H21N3O4. The van der Waals surface area contributed by atoms with Gasteiger partial charge >= 0.3 is 0 Å². The predicted molar refractivity (Wildman–Crippen MR) is 117 cm³/mol. The van der Waals surface area contributed by atoms with Crippen LogP contribution in [0, 0.1) is 0 Å². The first-order valence-electron chi connectivity index (χ1n) is 10.4. The molecule has 1 amide bonds. The third-order valence-electron chi connectivity index (χ3n) is 6.11. The lowest BCUT2D eigenvalue weighted by Crippen LogP contribution is -2.14. The Morgan fingerprint density at radius 2 is 2.00 bits per heavy atom. The van der Waals surface area contributed by atoms with Crippen molar-refractivity contribution in [1.82, 2.24) is 9.38 Å². The van der Waals surface area contributed by atoms with Gasteiger partial charge in [-0.05, 0) is 31.0 Å². The molecule has 7 nitrogen and oxygen atoms in total. The molecule has 4 aromatic heterocycles. The Kier molecular flexibility index (Phi) is 4.11. The van der Waals surface area contributed by atoms with Crippen molar-refractivity contribution < 1.29 is 18.7 Å². The van der Waals surface area contributed by atoms with Gasteiger partial charge in [0.05, 0.1) is 29.4 Å². The number of fused-ring (bicyclic) bond motifs is 6. The maximum atomic E-state index is 13.2. The average Bonchev–Trinajstić information content (AvgIpc) is 3.53. The van der Waals surface area contributed by atoms with Gasteiger partial charge in [-0.3, -0.25) is 4.79 Å². The van der Waals surface area contributed by atoms with E-state index in [0.29, 0.717) is 22.9 Å². The third kappa shape index (κ3) is 2.92. The number of carbonyl (C=O) groups is 1. The zero-order valence-corrected chi connectivity index (χ0v) is 17.1. The minimum atomic E-state index is -0.245. The fourth-order valence-corrected chi connectivity index (χ4v) is 4.50. The molecule has 5 aromatic rings. The van der Waals surface area contributed by atoms with Crippen molar-refractivity contribution >= 4 is 39.2 Å². The van der Waals surface area contributed by atoms with Crippen LogP contribution in [-0.2, 0) is 4.74 Å². The second-order valence-electron chi connectivity index (χ2n) is 7.92. The monoisotopic (exact) mass is 415 g/mol. The smallest absolute Gasteiger partial charge is 0.260 e. The van der Waals surface area contributed by atoms with Crippen LogP contribution in [0.5, 0.6) is 5.75 Å². The Morgan fingerprint density at radius 3 is 2.84 bits per heavy atom. The summed E-state index contributed by atoms with van der Waals surface area (Å²) < 4.78 is 18.7. The Bertz CT molecular complexity index is 1410. The van der Waals surface area contributed by atoms with Crippen LogP contribution in [0.2, 0.25) is 0 Å². The summed E-state index contributed by atoms with van der Waals surface area (Å²) in [6.07, 6.45) is 5.71. The number of nitrogens with one attached hydrogen (secondary N) is 1. The topological polar surface area (TPSA) is 78.0 Å². The van der Waals surface area contributed by atoms with Crippen LogP contribution >= 0.6 is 0 Å². The van der Waals surface area contributed by atoms with Gasteiger partial charge in [0, 0.05) is 43.0 Å². The van der Waals surface area contributed by atoms with E-state index < -0.39 is 0 Å². The van der Waals surface area contributed by atoms with Gasteiger partial charge in [0.15, 0.2) is 0 Å². The van der Waals surface area contributed by atoms with E-state index in [1.807, 2.05) is 47.0 Å². The van der Waals surface area contributed by atoms with Crippen molar-refractivity contribution in [3.05, 3.63) is 60.0 Å². The number of hydrogen-bond acceptors (Lipinski definition) is 5. The molecule has 31 heavy (non-hydrogen) atoms. The summed E-state index contributed by atoms with van der Waals surface area (Å²) in [7, 11) is 1.56. The second kappa shape index (κ2) is 6.99. The normalized spacial score (nSPS) is 15.3. The number of anilines is 1. The summed E-state index contributed by atoms with van der Waals surface area (Å²) in [5.41, 5.74) is 4.53. The van der Waals surface area contributed by atoms with Crippen LogP contribution in [-0.4, -0.2) is 35.6 Å². The average molecular weight is 415 g/mol. The highest BCUT2D eigenvalue weighted by Gasteiger charge is 2.22. The SMILES string of the molecule is COc1cc2nc(C3CCOCC3)cn2cc1C(=O)Nc1cccc2c3ccc(o3)c12. The van der Waals surface area contributed by atoms with E-state index in [9.17, 15) is 4.79 Å². The standard InChI is InChI=1S/C24H21N3O4/c1-29-21-11-22-25-18(14-7-9-30-10-8-14)13-27(22)12-16(21)24(28)26-17-4-2-3-15-19-5-6-20(31-19)23(15)17/h2-6,11-14H,7-10H2,1H3,(H,26,28). The van der Waals surface area contributed by atoms with Crippen molar-refractivity contribution in [1.29, 1.82) is 0 Å². The third-order valence-corrected chi connectivity index (χ3v) is 6.11. The molecule has 6 rings (SSSR count). The molecule has 0 radical (unpaired) electrons. The molecule has 0 unspecified atom stereocenters. The van der Waals surface area contributed by atoms with E-state index in [0.717, 1.165) is 59.3 Å². The molecular weight excluding hydrogens is 394 g/mol. The number of nitrogens with zero attached hydrogens (tertiary/aromatic N) is 2. The first-order valence-corrected chi connectivity index (χ1v) is 10.4. The molecule has 156 valence electrons. The number of carbonyl (C=O) groups excluding carboxylic acids is 1. The summed E-state index contributed by atoms with van der Waals surface area (Å²) in [5, 5.41) is 4.94. The summed E-state index contributed by atoms with van der Waals surface area (Å²) in [4.78, 5) is 18.0. The van der Waals surface area contributed by atoms with Crippen molar-refractivity contribution in [2.24, 2.45) is 0 Å². The van der Waals surface area contributed by atoms with E-state index in [2.05, 4.69) is 5.32 Å². The summed E-state index contributed by atoms with van der Waals surface area (Å²) in [6, 6.07) is 11.5. The minimum absolute atomic E-state index is 0.245. The van der Waals surface area contributed by atoms with Crippen molar-refractivity contribution in [2.75, 3.05) is 25.6 Å². The zero-order valence-electron chi connectivity index (χ0n) is 17.1. The molecule has 1 aromatic carbocycles. The largest absolute Gasteiger partial charge is 0.496 e. The lowest BCUT2D eigenvalue weighted by Gasteiger charge is -2.19. The molecule has 0 atom stereocenters. The summed E-state index contributed by atoms with van der Waals surface area (Å²) in [6.45, 7) is 1.52. The molecule has 1 N–H and O–H groups in total. The molecule has 2 bridgehead atoms. The van der Waals surface area contributed by atoms with Crippen LogP contribution < -0.4 is 10.1 Å². The Labute approximate surface area is 177 Å². The minimum Gasteiger partial charge on any atom is -0.496 e. The van der Waals surface area contributed by atoms with Crippen LogP contribution in [0.15, 0.2) is 53.2 Å². The van der Waals surface area contributed by atoms with E-state index in [1.165, 1.54) is 0 Å². The Hall–Kier alpha value is -3.58. The lowest BCUT2D eigenvalue weighted by atomic mass is 9.97. The molecule has 0 aliphatic carbocycles. The first-order chi connectivity index (χ1) is 15.2. The maximum absolute atomic E-state index is 13.2. The molecule has 0 spiro atoms. The number of amides is 1. The van der Waals surface area contributed by atoms with Gasteiger partial charge in [-0.2, -0.15) is 0 Å². The van der Waals surface area contributed by atoms with E-state index in [4.69, 9.17) is 18.9 Å². The predicted octanol–water partition coefficient (Wildman–Crippen LogP) is 4.83. The van der Waals surface area contributed by atoms with Crippen LogP contribution in [0.4, 0.5) is 5.69 Å². The van der Waals surface area contributed by atoms with E-state index in [-0.39, 0.29) is 5.91 Å². The Balaban J connectivity index is 1.37. The number of pyridine rings is 1.